The van der Waals surface area contributed by atoms with E-state index >= 15 is 0 Å². The lowest BCUT2D eigenvalue weighted by atomic mass is 9.99. The van der Waals surface area contributed by atoms with Gasteiger partial charge in [-0.15, -0.1) is 0 Å². The lowest BCUT2D eigenvalue weighted by Gasteiger charge is -2.38. The average Bonchev–Trinajstić information content (AvgIpc) is 2.57. The molecule has 11 nitrogen and oxygen atoms in total. The highest BCUT2D eigenvalue weighted by atomic mass is 16.6. The van der Waals surface area contributed by atoms with E-state index in [2.05, 4.69) is 5.32 Å². The molecule has 1 saturated heterocycles. The molecule has 0 aromatic heterocycles. The summed E-state index contributed by atoms with van der Waals surface area (Å²) in [7, 11) is 0. The summed E-state index contributed by atoms with van der Waals surface area (Å²) in [5.74, 6) is -0.968. The molecule has 3 unspecified atom stereocenters. The normalized spacial score (nSPS) is 27.3. The predicted octanol–water partition coefficient (Wildman–Crippen LogP) is -1.64. The lowest BCUT2D eigenvalue weighted by Crippen LogP contribution is -2.59. The van der Waals surface area contributed by atoms with Crippen molar-refractivity contribution in [2.45, 2.75) is 83.5 Å². The number of rotatable bonds is 9. The van der Waals surface area contributed by atoms with Gasteiger partial charge in [-0.1, -0.05) is 0 Å². The third-order valence-electron chi connectivity index (χ3n) is 4.18. The molecule has 1 heterocycles. The number of nitrogens with one attached hydrogen (secondary N) is 1. The highest BCUT2D eigenvalue weighted by molar-refractivity contribution is 5.75. The zero-order valence-corrected chi connectivity index (χ0v) is 19.2. The molecule has 31 heavy (non-hydrogen) atoms. The van der Waals surface area contributed by atoms with Crippen LogP contribution < -0.4 is 5.32 Å². The van der Waals surface area contributed by atoms with Crippen LogP contribution in [-0.2, 0) is 23.8 Å². The molecule has 1 fully saturated rings. The van der Waals surface area contributed by atoms with Gasteiger partial charge in [0, 0.05) is 19.6 Å². The Morgan fingerprint density at radius 2 is 1.35 bits per heavy atom. The van der Waals surface area contributed by atoms with E-state index in [0.29, 0.717) is 6.54 Å². The van der Waals surface area contributed by atoms with E-state index in [0.717, 1.165) is 0 Å². The number of nitrogens with zero attached hydrogens (tertiary/aromatic N) is 1. The number of ether oxygens (including phenoxy) is 3. The van der Waals surface area contributed by atoms with Crippen molar-refractivity contribution in [3.63, 3.8) is 0 Å². The van der Waals surface area contributed by atoms with Crippen molar-refractivity contribution in [1.82, 2.24) is 10.2 Å². The fraction of sp³-hybridized carbons (Fsp3) is 0.900. The molecule has 182 valence electrons. The summed E-state index contributed by atoms with van der Waals surface area (Å²) in [6.07, 6.45) is -7.07. The summed E-state index contributed by atoms with van der Waals surface area (Å²) >= 11 is 0. The second-order valence-electron chi connectivity index (χ2n) is 9.62. The Labute approximate surface area is 183 Å². The van der Waals surface area contributed by atoms with Crippen LogP contribution in [0, 0.1) is 0 Å². The first kappa shape index (κ1) is 27.7. The van der Waals surface area contributed by atoms with Gasteiger partial charge in [-0.2, -0.15) is 0 Å². The monoisotopic (exact) mass is 450 g/mol. The van der Waals surface area contributed by atoms with Crippen molar-refractivity contribution in [3.8, 4) is 0 Å². The Balaban J connectivity index is 2.59. The van der Waals surface area contributed by atoms with Crippen molar-refractivity contribution in [2.24, 2.45) is 0 Å². The summed E-state index contributed by atoms with van der Waals surface area (Å²) < 4.78 is 15.7. The summed E-state index contributed by atoms with van der Waals surface area (Å²) in [6.45, 7) is 10.9. The predicted molar refractivity (Wildman–Crippen MR) is 110 cm³/mol. The maximum absolute atomic E-state index is 12.2. The summed E-state index contributed by atoms with van der Waals surface area (Å²) in [4.78, 5) is 26.0. The highest BCUT2D eigenvalue weighted by Crippen LogP contribution is 2.19. The largest absolute Gasteiger partial charge is 0.459 e. The zero-order chi connectivity index (χ0) is 24.0. The smallest absolute Gasteiger partial charge is 0.320 e. The van der Waals surface area contributed by atoms with Gasteiger partial charge in [0.1, 0.15) is 35.6 Å². The quantitative estimate of drug-likeness (QED) is 0.203. The Morgan fingerprint density at radius 3 is 1.81 bits per heavy atom. The number of aliphatic hydroxyl groups is 4. The minimum Gasteiger partial charge on any atom is -0.459 e. The molecule has 0 aromatic carbocycles. The molecule has 11 heteroatoms. The van der Waals surface area contributed by atoms with Crippen LogP contribution in [0.2, 0.25) is 0 Å². The van der Waals surface area contributed by atoms with Crippen LogP contribution in [0.15, 0.2) is 0 Å². The first-order valence-corrected chi connectivity index (χ1v) is 10.3. The fourth-order valence-corrected chi connectivity index (χ4v) is 2.91. The van der Waals surface area contributed by atoms with Gasteiger partial charge in [-0.3, -0.25) is 14.5 Å². The van der Waals surface area contributed by atoms with Crippen LogP contribution in [-0.4, -0.2) is 112 Å². The Bertz CT molecular complexity index is 558. The summed E-state index contributed by atoms with van der Waals surface area (Å²) in [6, 6.07) is 0. The van der Waals surface area contributed by atoms with Crippen molar-refractivity contribution < 1.29 is 44.2 Å². The molecule has 0 radical (unpaired) electrons. The summed E-state index contributed by atoms with van der Waals surface area (Å²) in [5.41, 5.74) is -1.32. The number of esters is 2. The molecular formula is C20H38N2O9. The molecule has 1 rings (SSSR count). The van der Waals surface area contributed by atoms with Crippen LogP contribution in [0.5, 0.6) is 0 Å². The van der Waals surface area contributed by atoms with E-state index in [1.165, 1.54) is 0 Å². The van der Waals surface area contributed by atoms with E-state index in [9.17, 15) is 30.0 Å². The molecular weight excluding hydrogens is 412 g/mol. The van der Waals surface area contributed by atoms with Crippen LogP contribution in [0.3, 0.4) is 0 Å². The molecule has 0 spiro atoms. The van der Waals surface area contributed by atoms with Gasteiger partial charge in [0.15, 0.2) is 6.29 Å². The first-order chi connectivity index (χ1) is 14.1. The SMILES string of the molecule is CC(C)(C)OC(=O)CN(CCNCC1O[C@@H](O)C(O)C(O)[C@@H]1O)CC(=O)OC(C)(C)C. The van der Waals surface area contributed by atoms with Gasteiger partial charge in [-0.05, 0) is 41.5 Å². The molecule has 1 aliphatic rings. The van der Waals surface area contributed by atoms with E-state index in [1.54, 1.807) is 46.4 Å². The topological polar surface area (TPSA) is 158 Å². The molecule has 0 aliphatic carbocycles. The second kappa shape index (κ2) is 11.5. The number of carbonyl (C=O) groups excluding carboxylic acids is 2. The molecule has 0 aromatic rings. The molecule has 0 saturated carbocycles. The first-order valence-electron chi connectivity index (χ1n) is 10.3. The Kier molecular flexibility index (Phi) is 10.3. The van der Waals surface area contributed by atoms with Crippen molar-refractivity contribution in [1.29, 1.82) is 0 Å². The van der Waals surface area contributed by atoms with Crippen molar-refractivity contribution >= 4 is 11.9 Å². The summed E-state index contributed by atoms with van der Waals surface area (Å²) in [5, 5.41) is 41.8. The zero-order valence-electron chi connectivity index (χ0n) is 19.2. The van der Waals surface area contributed by atoms with Gasteiger partial charge in [0.25, 0.3) is 0 Å². The van der Waals surface area contributed by atoms with Crippen LogP contribution in [0.1, 0.15) is 41.5 Å². The minimum atomic E-state index is -1.61. The number of hydrogen-bond donors (Lipinski definition) is 5. The Hall–Kier alpha value is -1.34. The van der Waals surface area contributed by atoms with E-state index in [1.807, 2.05) is 0 Å². The highest BCUT2D eigenvalue weighted by Gasteiger charge is 2.42. The van der Waals surface area contributed by atoms with Gasteiger partial charge >= 0.3 is 11.9 Å². The third kappa shape index (κ3) is 10.7. The van der Waals surface area contributed by atoms with E-state index in [4.69, 9.17) is 14.2 Å². The van der Waals surface area contributed by atoms with E-state index in [-0.39, 0.29) is 26.2 Å². The molecule has 0 bridgehead atoms. The molecule has 1 aliphatic heterocycles. The maximum atomic E-state index is 12.2. The van der Waals surface area contributed by atoms with Gasteiger partial charge in [0.2, 0.25) is 0 Å². The van der Waals surface area contributed by atoms with Crippen LogP contribution >= 0.6 is 0 Å². The Morgan fingerprint density at radius 1 is 0.871 bits per heavy atom. The van der Waals surface area contributed by atoms with Crippen LogP contribution in [0.25, 0.3) is 0 Å². The molecule has 5 N–H and O–H groups in total. The third-order valence-corrected chi connectivity index (χ3v) is 4.18. The second-order valence-corrected chi connectivity index (χ2v) is 9.62. The number of carbonyl (C=O) groups is 2. The average molecular weight is 451 g/mol. The van der Waals surface area contributed by atoms with Crippen LogP contribution in [0.4, 0.5) is 0 Å². The number of aliphatic hydroxyl groups excluding tert-OH is 4. The van der Waals surface area contributed by atoms with Crippen molar-refractivity contribution in [3.05, 3.63) is 0 Å². The van der Waals surface area contributed by atoms with E-state index < -0.39 is 53.8 Å². The van der Waals surface area contributed by atoms with Crippen molar-refractivity contribution in [2.75, 3.05) is 32.7 Å². The maximum Gasteiger partial charge on any atom is 0.320 e. The van der Waals surface area contributed by atoms with Gasteiger partial charge < -0.3 is 40.0 Å². The van der Waals surface area contributed by atoms with Gasteiger partial charge in [0.05, 0.1) is 13.1 Å². The van der Waals surface area contributed by atoms with Gasteiger partial charge in [-0.25, -0.2) is 0 Å². The fourth-order valence-electron chi connectivity index (χ4n) is 2.91. The number of hydrogen-bond acceptors (Lipinski definition) is 11. The molecule has 5 atom stereocenters. The molecule has 0 amide bonds. The minimum absolute atomic E-state index is 0.0642. The standard InChI is InChI=1S/C20H38N2O9/c1-19(2,3)30-13(23)10-22(11-14(24)31-20(4,5)6)8-7-21-9-12-15(25)16(26)17(27)18(28)29-12/h12,15-18,21,25-28H,7-11H2,1-6H3/t12?,15-,16?,17?,18-/m1/s1. The lowest BCUT2D eigenvalue weighted by molar-refractivity contribution is -0.280.